The Labute approximate surface area is 141 Å². The van der Waals surface area contributed by atoms with Gasteiger partial charge in [0.05, 0.1) is 0 Å². The highest BCUT2D eigenvalue weighted by atomic mass is 19.4. The van der Waals surface area contributed by atoms with Gasteiger partial charge in [0.15, 0.2) is 17.8 Å². The van der Waals surface area contributed by atoms with E-state index in [1.165, 1.54) is 0 Å². The lowest BCUT2D eigenvalue weighted by Crippen LogP contribution is -2.59. The Morgan fingerprint density at radius 3 is 0.429 bits per heavy atom. The molecule has 0 aromatic rings. The van der Waals surface area contributed by atoms with Gasteiger partial charge >= 0.3 is 37.1 Å². The van der Waals surface area contributed by atoms with Gasteiger partial charge in [0.1, 0.15) is 0 Å². The van der Waals surface area contributed by atoms with Crippen LogP contribution in [0, 0.1) is 23.7 Å². The second-order valence-electron chi connectivity index (χ2n) is 5.26. The van der Waals surface area contributed by atoms with Crippen molar-refractivity contribution in [1.82, 2.24) is 0 Å². The molecule has 0 N–H and O–H groups in total. The van der Waals surface area contributed by atoms with Gasteiger partial charge in [-0.05, 0) is 0 Å². The maximum absolute atomic E-state index is 12.6. The van der Waals surface area contributed by atoms with Crippen LogP contribution in [-0.4, -0.2) is 37.1 Å². The first kappa shape index (κ1) is 26.7. The molecule has 28 heavy (non-hydrogen) atoms. The Bertz CT molecular complexity index is 387. The minimum Gasteiger partial charge on any atom is -0.170 e. The van der Waals surface area contributed by atoms with E-state index in [0.717, 1.165) is 0 Å². The molecule has 0 rings (SSSR count). The molecule has 18 heteroatoms. The summed E-state index contributed by atoms with van der Waals surface area (Å²) < 4.78 is 226. The van der Waals surface area contributed by atoms with Crippen LogP contribution >= 0.6 is 0 Å². The van der Waals surface area contributed by atoms with Gasteiger partial charge in [-0.1, -0.05) is 0 Å². The fraction of sp³-hybridized carbons (Fsp3) is 1.00. The van der Waals surface area contributed by atoms with Gasteiger partial charge in [-0.15, -0.1) is 0 Å². The summed E-state index contributed by atoms with van der Waals surface area (Å²) in [4.78, 5) is 0. The van der Waals surface area contributed by atoms with Crippen molar-refractivity contribution < 1.29 is 79.0 Å². The summed E-state index contributed by atoms with van der Waals surface area (Å²) in [5.41, 5.74) is 0. The smallest absolute Gasteiger partial charge is 0.170 e. The molecule has 0 spiro atoms. The summed E-state index contributed by atoms with van der Waals surface area (Å²) in [6.07, 6.45) is -44.2. The Hall–Kier alpha value is -1.26. The highest BCUT2D eigenvalue weighted by Gasteiger charge is 2.77. The maximum atomic E-state index is 12.6. The highest BCUT2D eigenvalue weighted by molar-refractivity contribution is 4.99. The first-order valence-corrected chi connectivity index (χ1v) is 6.13. The maximum Gasteiger partial charge on any atom is 0.400 e. The number of hydrogen-bond donors (Lipinski definition) is 0. The highest BCUT2D eigenvalue weighted by Crippen LogP contribution is 2.60. The average molecular weight is 466 g/mol. The molecule has 0 unspecified atom stereocenters. The third-order valence-electron chi connectivity index (χ3n) is 3.27. The van der Waals surface area contributed by atoms with Crippen molar-refractivity contribution in [3.63, 3.8) is 0 Å². The van der Waals surface area contributed by atoms with Gasteiger partial charge in [0.25, 0.3) is 0 Å². The van der Waals surface area contributed by atoms with Gasteiger partial charge in [-0.3, -0.25) is 0 Å². The Kier molecular flexibility index (Phi) is 6.89. The van der Waals surface area contributed by atoms with E-state index in [2.05, 4.69) is 0 Å². The van der Waals surface area contributed by atoms with Crippen molar-refractivity contribution >= 4 is 0 Å². The number of halogens is 18. The van der Waals surface area contributed by atoms with Crippen LogP contribution in [0.3, 0.4) is 0 Å². The summed E-state index contributed by atoms with van der Waals surface area (Å²) in [5, 5.41) is 0. The zero-order valence-electron chi connectivity index (χ0n) is 12.1. The molecule has 0 aromatic heterocycles. The summed E-state index contributed by atoms with van der Waals surface area (Å²) in [6, 6.07) is 0. The van der Waals surface area contributed by atoms with E-state index >= 15 is 0 Å². The molecule has 0 heterocycles. The molecule has 0 saturated heterocycles. The molecule has 0 aliphatic carbocycles. The van der Waals surface area contributed by atoms with Crippen LogP contribution in [0.15, 0.2) is 0 Å². The zero-order chi connectivity index (χ0) is 23.3. The SMILES string of the molecule is FC(F)(F)C(C(C(C(F)(F)F)C(F)(F)F)C(C(F)(F)F)C(F)(F)F)C(F)(F)F. The van der Waals surface area contributed by atoms with Gasteiger partial charge in [0, 0.05) is 5.92 Å². The fourth-order valence-electron chi connectivity index (χ4n) is 2.44. The van der Waals surface area contributed by atoms with Crippen LogP contribution in [0.4, 0.5) is 79.0 Å². The van der Waals surface area contributed by atoms with Crippen molar-refractivity contribution in [2.24, 2.45) is 23.7 Å². The quantitative estimate of drug-likeness (QED) is 0.401. The molecule has 0 aromatic carbocycles. The lowest BCUT2D eigenvalue weighted by atomic mass is 9.70. The summed E-state index contributed by atoms with van der Waals surface area (Å²) in [6.45, 7) is 0. The van der Waals surface area contributed by atoms with E-state index in [9.17, 15) is 79.0 Å². The number of rotatable bonds is 3. The average Bonchev–Trinajstić information content (AvgIpc) is 2.13. The largest absolute Gasteiger partial charge is 0.400 e. The van der Waals surface area contributed by atoms with Gasteiger partial charge in [0.2, 0.25) is 0 Å². The van der Waals surface area contributed by atoms with Crippen LogP contribution in [0.25, 0.3) is 0 Å². The molecule has 0 aliphatic heterocycles. The van der Waals surface area contributed by atoms with Gasteiger partial charge in [-0.25, -0.2) is 0 Å². The van der Waals surface area contributed by atoms with Crippen molar-refractivity contribution in [1.29, 1.82) is 0 Å². The van der Waals surface area contributed by atoms with E-state index < -0.39 is 60.7 Å². The molecule has 0 radical (unpaired) electrons. The van der Waals surface area contributed by atoms with E-state index in [4.69, 9.17) is 0 Å². The van der Waals surface area contributed by atoms with Crippen molar-refractivity contribution in [3.8, 4) is 0 Å². The van der Waals surface area contributed by atoms with Gasteiger partial charge < -0.3 is 0 Å². The minimum atomic E-state index is -7.37. The molecular formula is C10H4F18. The molecule has 170 valence electrons. The molecular weight excluding hydrogens is 462 g/mol. The van der Waals surface area contributed by atoms with Crippen LogP contribution in [-0.2, 0) is 0 Å². The van der Waals surface area contributed by atoms with Gasteiger partial charge in [-0.2, -0.15) is 79.0 Å². The molecule has 0 aliphatic rings. The third-order valence-corrected chi connectivity index (χ3v) is 3.27. The normalized spacial score (nSPS) is 16.1. The third kappa shape index (κ3) is 6.38. The molecule has 0 bridgehead atoms. The van der Waals surface area contributed by atoms with Crippen molar-refractivity contribution in [2.75, 3.05) is 0 Å². The minimum absolute atomic E-state index is 6.11. The zero-order valence-corrected chi connectivity index (χ0v) is 12.1. The molecule has 0 saturated carbocycles. The predicted molar refractivity (Wildman–Crippen MR) is 50.3 cm³/mol. The lowest BCUT2D eigenvalue weighted by molar-refractivity contribution is -0.391. The van der Waals surface area contributed by atoms with E-state index in [-0.39, 0.29) is 0 Å². The lowest BCUT2D eigenvalue weighted by Gasteiger charge is -2.42. The number of hydrogen-bond acceptors (Lipinski definition) is 0. The van der Waals surface area contributed by atoms with Crippen LogP contribution in [0.2, 0.25) is 0 Å². The standard InChI is InChI=1S/C10H4F18/c11-5(12,13)2(6(14,15)16)1(3(7(17,18)19)8(20,21)22)4(9(23,24)25)10(26,27)28/h1-4H. The second-order valence-corrected chi connectivity index (χ2v) is 5.26. The Morgan fingerprint density at radius 2 is 0.357 bits per heavy atom. The summed E-state index contributed by atoms with van der Waals surface area (Å²) >= 11 is 0. The fourth-order valence-corrected chi connectivity index (χ4v) is 2.44. The Balaban J connectivity index is 7.30. The summed E-state index contributed by atoms with van der Waals surface area (Å²) in [7, 11) is 0. The first-order chi connectivity index (χ1) is 11.7. The first-order valence-electron chi connectivity index (χ1n) is 6.13. The van der Waals surface area contributed by atoms with E-state index in [1.54, 1.807) is 0 Å². The number of alkyl halides is 18. The van der Waals surface area contributed by atoms with E-state index in [1.807, 2.05) is 0 Å². The van der Waals surface area contributed by atoms with E-state index in [0.29, 0.717) is 0 Å². The van der Waals surface area contributed by atoms with Crippen LogP contribution in [0.5, 0.6) is 0 Å². The van der Waals surface area contributed by atoms with Crippen LogP contribution < -0.4 is 0 Å². The molecule has 0 amide bonds. The molecule has 0 nitrogen and oxygen atoms in total. The molecule has 0 fully saturated rings. The van der Waals surface area contributed by atoms with Crippen molar-refractivity contribution in [2.45, 2.75) is 37.1 Å². The second kappa shape index (κ2) is 7.21. The predicted octanol–water partition coefficient (Wildman–Crippen LogP) is 6.83. The monoisotopic (exact) mass is 466 g/mol. The topological polar surface area (TPSA) is 0 Å². The Morgan fingerprint density at radius 1 is 0.250 bits per heavy atom. The molecule has 0 atom stereocenters. The van der Waals surface area contributed by atoms with Crippen molar-refractivity contribution in [3.05, 3.63) is 0 Å². The summed E-state index contributed by atoms with van der Waals surface area (Å²) in [5.74, 6) is -24.9. The van der Waals surface area contributed by atoms with Crippen LogP contribution in [0.1, 0.15) is 0 Å².